The molecule has 1 N–H and O–H groups in total. The van der Waals surface area contributed by atoms with Crippen LogP contribution in [0.4, 0.5) is 4.39 Å². The van der Waals surface area contributed by atoms with E-state index in [-0.39, 0.29) is 11.7 Å². The lowest BCUT2D eigenvalue weighted by Gasteiger charge is -2.13. The molecule has 2 heterocycles. The Hall–Kier alpha value is -2.96. The van der Waals surface area contributed by atoms with Gasteiger partial charge in [0.05, 0.1) is 24.0 Å². The van der Waals surface area contributed by atoms with Crippen LogP contribution < -0.4 is 5.32 Å². The van der Waals surface area contributed by atoms with E-state index in [2.05, 4.69) is 21.2 Å². The number of aryl methyl sites for hydroxylation is 1. The van der Waals surface area contributed by atoms with E-state index < -0.39 is 0 Å². The van der Waals surface area contributed by atoms with Gasteiger partial charge in [-0.2, -0.15) is 10.2 Å². The lowest BCUT2D eigenvalue weighted by atomic mass is 10.1. The maximum absolute atomic E-state index is 13.2. The van der Waals surface area contributed by atoms with Gasteiger partial charge >= 0.3 is 0 Å². The van der Waals surface area contributed by atoms with Crippen LogP contribution in [0.25, 0.3) is 11.3 Å². The molecule has 0 spiro atoms. The number of nitrogens with one attached hydrogen (secondary N) is 1. The third-order valence-electron chi connectivity index (χ3n) is 6.16. The number of carbonyl (C=O) groups is 1. The molecule has 0 aliphatic heterocycles. The van der Waals surface area contributed by atoms with E-state index in [1.165, 1.54) is 56.4 Å². The van der Waals surface area contributed by atoms with Gasteiger partial charge in [-0.05, 0) is 62.1 Å². The summed E-state index contributed by atoms with van der Waals surface area (Å²) in [6.45, 7) is 0.398. The molecule has 7 heteroatoms. The number of nitrogens with zero attached hydrogens (tertiary/aromatic N) is 4. The third kappa shape index (κ3) is 3.76. The molecule has 0 bridgehead atoms. The van der Waals surface area contributed by atoms with Crippen molar-refractivity contribution < 1.29 is 9.18 Å². The zero-order chi connectivity index (χ0) is 20.7. The molecule has 2 aromatic heterocycles. The van der Waals surface area contributed by atoms with Gasteiger partial charge < -0.3 is 5.32 Å². The van der Waals surface area contributed by atoms with E-state index >= 15 is 0 Å². The monoisotopic (exact) mass is 407 g/mol. The molecule has 6 nitrogen and oxygen atoms in total. The summed E-state index contributed by atoms with van der Waals surface area (Å²) in [7, 11) is 1.74. The molecule has 0 saturated heterocycles. The number of rotatable bonds is 6. The molecular formula is C23H26FN5O. The van der Waals surface area contributed by atoms with Gasteiger partial charge in [0.1, 0.15) is 11.5 Å². The van der Waals surface area contributed by atoms with Crippen LogP contribution in [-0.4, -0.2) is 25.5 Å². The Labute approximate surface area is 175 Å². The number of hydrogen-bond donors (Lipinski definition) is 1. The van der Waals surface area contributed by atoms with Gasteiger partial charge in [0.2, 0.25) is 0 Å². The van der Waals surface area contributed by atoms with Crippen LogP contribution in [-0.2, 0) is 13.6 Å². The minimum Gasteiger partial charge on any atom is -0.345 e. The second-order valence-electron chi connectivity index (χ2n) is 8.45. The Bertz CT molecular complexity index is 1060. The van der Waals surface area contributed by atoms with Crippen LogP contribution in [0.1, 0.15) is 72.4 Å². The highest BCUT2D eigenvalue weighted by Crippen LogP contribution is 2.43. The van der Waals surface area contributed by atoms with Crippen molar-refractivity contribution in [3.8, 4) is 11.3 Å². The van der Waals surface area contributed by atoms with Crippen LogP contribution >= 0.6 is 0 Å². The van der Waals surface area contributed by atoms with Gasteiger partial charge in [-0.25, -0.2) is 4.39 Å². The molecule has 1 amide bonds. The summed E-state index contributed by atoms with van der Waals surface area (Å²) < 4.78 is 17.0. The SMILES string of the molecule is Cn1nc(-c2ccc(F)cc2)cc1C(=O)NCc1cc(C2CC2)n(C2CCCC2)n1. The Balaban J connectivity index is 1.29. The van der Waals surface area contributed by atoms with Crippen LogP contribution in [0.15, 0.2) is 36.4 Å². The predicted octanol–water partition coefficient (Wildman–Crippen LogP) is 4.35. The number of amides is 1. The van der Waals surface area contributed by atoms with Gasteiger partial charge in [-0.15, -0.1) is 0 Å². The highest BCUT2D eigenvalue weighted by Gasteiger charge is 2.31. The van der Waals surface area contributed by atoms with Crippen molar-refractivity contribution in [2.24, 2.45) is 7.05 Å². The van der Waals surface area contributed by atoms with E-state index in [4.69, 9.17) is 5.10 Å². The lowest BCUT2D eigenvalue weighted by Crippen LogP contribution is -2.25. The van der Waals surface area contributed by atoms with Crippen molar-refractivity contribution >= 4 is 5.91 Å². The fraction of sp³-hybridized carbons (Fsp3) is 0.435. The van der Waals surface area contributed by atoms with Gasteiger partial charge in [-0.3, -0.25) is 14.2 Å². The first-order chi connectivity index (χ1) is 14.6. The van der Waals surface area contributed by atoms with Gasteiger partial charge in [0.15, 0.2) is 0 Å². The molecule has 0 unspecified atom stereocenters. The van der Waals surface area contributed by atoms with Crippen LogP contribution in [0.3, 0.4) is 0 Å². The van der Waals surface area contributed by atoms with Crippen molar-refractivity contribution in [1.82, 2.24) is 24.9 Å². The zero-order valence-electron chi connectivity index (χ0n) is 17.1. The van der Waals surface area contributed by atoms with Crippen LogP contribution in [0, 0.1) is 5.82 Å². The van der Waals surface area contributed by atoms with Crippen molar-refractivity contribution in [1.29, 1.82) is 0 Å². The van der Waals surface area contributed by atoms with Crippen LogP contribution in [0.2, 0.25) is 0 Å². The first-order valence-electron chi connectivity index (χ1n) is 10.7. The molecule has 30 heavy (non-hydrogen) atoms. The Morgan fingerprint density at radius 2 is 1.83 bits per heavy atom. The van der Waals surface area contributed by atoms with E-state index in [1.54, 1.807) is 29.9 Å². The second-order valence-corrected chi connectivity index (χ2v) is 8.45. The van der Waals surface area contributed by atoms with E-state index in [9.17, 15) is 9.18 Å². The van der Waals surface area contributed by atoms with Gasteiger partial charge in [-0.1, -0.05) is 12.8 Å². The molecule has 2 aliphatic carbocycles. The number of benzene rings is 1. The summed E-state index contributed by atoms with van der Waals surface area (Å²) in [6, 6.07) is 10.5. The van der Waals surface area contributed by atoms with Crippen LogP contribution in [0.5, 0.6) is 0 Å². The minimum atomic E-state index is -0.296. The molecule has 156 valence electrons. The topological polar surface area (TPSA) is 64.7 Å². The molecule has 5 rings (SSSR count). The maximum atomic E-state index is 13.2. The Morgan fingerprint density at radius 1 is 1.10 bits per heavy atom. The lowest BCUT2D eigenvalue weighted by molar-refractivity contribution is 0.0941. The quantitative estimate of drug-likeness (QED) is 0.661. The van der Waals surface area contributed by atoms with E-state index in [0.29, 0.717) is 29.9 Å². The molecule has 1 aromatic carbocycles. The molecule has 2 fully saturated rings. The minimum absolute atomic E-state index is 0.193. The number of hydrogen-bond acceptors (Lipinski definition) is 3. The highest BCUT2D eigenvalue weighted by atomic mass is 19.1. The summed E-state index contributed by atoms with van der Waals surface area (Å²) in [6.07, 6.45) is 7.44. The summed E-state index contributed by atoms with van der Waals surface area (Å²) in [4.78, 5) is 12.8. The third-order valence-corrected chi connectivity index (χ3v) is 6.16. The van der Waals surface area contributed by atoms with Crippen molar-refractivity contribution in [3.63, 3.8) is 0 Å². The number of aromatic nitrogens is 4. The first kappa shape index (κ1) is 19.0. The normalized spacial score (nSPS) is 16.9. The highest BCUT2D eigenvalue weighted by molar-refractivity contribution is 5.93. The van der Waals surface area contributed by atoms with Crippen molar-refractivity contribution in [2.75, 3.05) is 0 Å². The Morgan fingerprint density at radius 3 is 2.53 bits per heavy atom. The van der Waals surface area contributed by atoms with Gasteiger partial charge in [0, 0.05) is 24.2 Å². The fourth-order valence-corrected chi connectivity index (χ4v) is 4.38. The summed E-state index contributed by atoms with van der Waals surface area (Å²) in [5.41, 5.74) is 4.13. The standard InChI is InChI=1S/C23H26FN5O/c1-28-22(13-20(27-28)15-8-10-17(24)11-9-15)23(30)25-14-18-12-21(16-6-7-16)29(26-18)19-4-2-3-5-19/h8-13,16,19H,2-7,14H2,1H3,(H,25,30). The van der Waals surface area contributed by atoms with E-state index in [0.717, 1.165) is 11.3 Å². The zero-order valence-corrected chi connectivity index (χ0v) is 17.1. The van der Waals surface area contributed by atoms with Gasteiger partial charge in [0.25, 0.3) is 5.91 Å². The fourth-order valence-electron chi connectivity index (χ4n) is 4.38. The van der Waals surface area contributed by atoms with Crippen molar-refractivity contribution in [2.45, 2.75) is 57.0 Å². The average molecular weight is 407 g/mol. The molecule has 2 aliphatic rings. The number of carbonyl (C=O) groups excluding carboxylic acids is 1. The first-order valence-corrected chi connectivity index (χ1v) is 10.7. The molecule has 0 atom stereocenters. The predicted molar refractivity (Wildman–Crippen MR) is 111 cm³/mol. The Kier molecular flexibility index (Phi) is 4.89. The molecule has 3 aromatic rings. The molecule has 0 radical (unpaired) electrons. The number of halogens is 1. The molecular weight excluding hydrogens is 381 g/mol. The summed E-state index contributed by atoms with van der Waals surface area (Å²) >= 11 is 0. The van der Waals surface area contributed by atoms with Crippen molar-refractivity contribution in [3.05, 3.63) is 59.3 Å². The summed E-state index contributed by atoms with van der Waals surface area (Å²) in [5, 5.41) is 12.2. The molecule has 2 saturated carbocycles. The summed E-state index contributed by atoms with van der Waals surface area (Å²) in [5.74, 6) is 0.148. The second kappa shape index (κ2) is 7.70. The maximum Gasteiger partial charge on any atom is 0.269 e. The largest absolute Gasteiger partial charge is 0.345 e. The van der Waals surface area contributed by atoms with E-state index in [1.807, 2.05) is 0 Å². The smallest absolute Gasteiger partial charge is 0.269 e. The average Bonchev–Trinajstić information content (AvgIpc) is 3.14.